The Balaban J connectivity index is 2.12. The number of carbonyl (C=O) groups is 1. The predicted molar refractivity (Wildman–Crippen MR) is 65.6 cm³/mol. The van der Waals surface area contributed by atoms with Gasteiger partial charge >= 0.3 is 0 Å². The number of primary amides is 1. The summed E-state index contributed by atoms with van der Waals surface area (Å²) in [4.78, 5) is 11.0. The fourth-order valence-electron chi connectivity index (χ4n) is 1.53. The van der Waals surface area contributed by atoms with Gasteiger partial charge in [-0.1, -0.05) is 0 Å². The molecule has 2 aromatic rings. The second kappa shape index (κ2) is 5.48. The van der Waals surface area contributed by atoms with Gasteiger partial charge in [0.15, 0.2) is 0 Å². The summed E-state index contributed by atoms with van der Waals surface area (Å²) in [5.74, 6) is -1.10. The number of benzene rings is 2. The molecule has 98 valence electrons. The maximum absolute atomic E-state index is 13.5. The van der Waals surface area contributed by atoms with Crippen LogP contribution in [0.25, 0.3) is 0 Å². The van der Waals surface area contributed by atoms with Gasteiger partial charge in [0.1, 0.15) is 24.0 Å². The molecule has 0 aliphatic rings. The van der Waals surface area contributed by atoms with Crippen LogP contribution < -0.4 is 10.5 Å². The predicted octanol–water partition coefficient (Wildman–Crippen LogP) is 2.64. The fourth-order valence-corrected chi connectivity index (χ4v) is 1.53. The highest BCUT2D eigenvalue weighted by molar-refractivity contribution is 5.92. The zero-order valence-electron chi connectivity index (χ0n) is 9.90. The molecule has 0 saturated heterocycles. The summed E-state index contributed by atoms with van der Waals surface area (Å²) in [7, 11) is 0. The molecule has 0 heterocycles. The molecule has 0 saturated carbocycles. The van der Waals surface area contributed by atoms with E-state index >= 15 is 0 Å². The number of carbonyl (C=O) groups excluding carboxylic acids is 1. The molecule has 2 aromatic carbocycles. The largest absolute Gasteiger partial charge is 0.489 e. The molecular weight excluding hydrogens is 252 g/mol. The third kappa shape index (κ3) is 3.28. The van der Waals surface area contributed by atoms with Crippen molar-refractivity contribution >= 4 is 5.91 Å². The first-order valence-corrected chi connectivity index (χ1v) is 5.53. The Morgan fingerprint density at radius 2 is 1.79 bits per heavy atom. The maximum Gasteiger partial charge on any atom is 0.248 e. The minimum atomic E-state index is -0.636. The molecule has 3 nitrogen and oxygen atoms in total. The van der Waals surface area contributed by atoms with E-state index in [-0.39, 0.29) is 23.6 Å². The van der Waals surface area contributed by atoms with E-state index in [2.05, 4.69) is 0 Å². The molecule has 0 aliphatic carbocycles. The van der Waals surface area contributed by atoms with Gasteiger partial charge in [0.2, 0.25) is 5.91 Å². The van der Waals surface area contributed by atoms with Gasteiger partial charge in [-0.05, 0) is 42.5 Å². The summed E-state index contributed by atoms with van der Waals surface area (Å²) in [5.41, 5.74) is 5.53. The average Bonchev–Trinajstić information content (AvgIpc) is 2.39. The molecule has 0 spiro atoms. The molecule has 1 amide bonds. The van der Waals surface area contributed by atoms with Crippen LogP contribution in [-0.4, -0.2) is 5.91 Å². The van der Waals surface area contributed by atoms with Crippen LogP contribution >= 0.6 is 0 Å². The van der Waals surface area contributed by atoms with Gasteiger partial charge in [0, 0.05) is 11.1 Å². The highest BCUT2D eigenvalue weighted by atomic mass is 19.1. The Labute approximate surface area is 108 Å². The maximum atomic E-state index is 13.5. The second-order valence-electron chi connectivity index (χ2n) is 3.91. The minimum absolute atomic E-state index is 0.0708. The summed E-state index contributed by atoms with van der Waals surface area (Å²) < 4.78 is 31.5. The van der Waals surface area contributed by atoms with Crippen molar-refractivity contribution < 1.29 is 18.3 Å². The lowest BCUT2D eigenvalue weighted by Crippen LogP contribution is -2.12. The summed E-state index contributed by atoms with van der Waals surface area (Å²) in [6, 6.07) is 9.15. The minimum Gasteiger partial charge on any atom is -0.489 e. The lowest BCUT2D eigenvalue weighted by Gasteiger charge is -2.08. The molecule has 0 fully saturated rings. The molecule has 0 unspecified atom stereocenters. The monoisotopic (exact) mass is 263 g/mol. The quantitative estimate of drug-likeness (QED) is 0.921. The van der Waals surface area contributed by atoms with Crippen molar-refractivity contribution in [3.05, 3.63) is 65.2 Å². The highest BCUT2D eigenvalue weighted by Crippen LogP contribution is 2.16. The lowest BCUT2D eigenvalue weighted by molar-refractivity contribution is 0.1000. The Kier molecular flexibility index (Phi) is 3.75. The van der Waals surface area contributed by atoms with E-state index in [9.17, 15) is 13.6 Å². The van der Waals surface area contributed by atoms with Crippen LogP contribution in [0.3, 0.4) is 0 Å². The van der Waals surface area contributed by atoms with E-state index in [0.29, 0.717) is 5.75 Å². The Morgan fingerprint density at radius 3 is 2.42 bits per heavy atom. The van der Waals surface area contributed by atoms with Crippen molar-refractivity contribution in [1.82, 2.24) is 0 Å². The van der Waals surface area contributed by atoms with E-state index in [0.717, 1.165) is 6.07 Å². The van der Waals surface area contributed by atoms with Crippen LogP contribution in [0.15, 0.2) is 42.5 Å². The molecule has 2 N–H and O–H groups in total. The SMILES string of the molecule is NC(=O)c1ccc(F)c(COc2ccc(F)cc2)c1. The number of nitrogens with two attached hydrogens (primary N) is 1. The third-order valence-corrected chi connectivity index (χ3v) is 2.54. The molecule has 2 rings (SSSR count). The zero-order chi connectivity index (χ0) is 13.8. The number of hydrogen-bond donors (Lipinski definition) is 1. The summed E-state index contributed by atoms with van der Waals surface area (Å²) >= 11 is 0. The van der Waals surface area contributed by atoms with Crippen LogP contribution in [0.2, 0.25) is 0 Å². The highest BCUT2D eigenvalue weighted by Gasteiger charge is 2.08. The van der Waals surface area contributed by atoms with Crippen molar-refractivity contribution in [3.63, 3.8) is 0 Å². The van der Waals surface area contributed by atoms with Crippen LogP contribution in [0, 0.1) is 11.6 Å². The Bertz CT molecular complexity index is 597. The molecular formula is C14H11F2NO2. The van der Waals surface area contributed by atoms with Gasteiger partial charge in [-0.25, -0.2) is 8.78 Å². The molecule has 0 atom stereocenters. The van der Waals surface area contributed by atoms with Crippen molar-refractivity contribution in [1.29, 1.82) is 0 Å². The molecule has 19 heavy (non-hydrogen) atoms. The van der Waals surface area contributed by atoms with E-state index in [1.807, 2.05) is 0 Å². The van der Waals surface area contributed by atoms with Gasteiger partial charge in [-0.15, -0.1) is 0 Å². The Hall–Kier alpha value is -2.43. The topological polar surface area (TPSA) is 52.3 Å². The number of ether oxygens (including phenoxy) is 1. The summed E-state index contributed by atoms with van der Waals surface area (Å²) in [6.45, 7) is -0.0708. The first-order valence-electron chi connectivity index (χ1n) is 5.53. The third-order valence-electron chi connectivity index (χ3n) is 2.54. The lowest BCUT2D eigenvalue weighted by atomic mass is 10.1. The molecule has 5 heteroatoms. The molecule has 0 aromatic heterocycles. The standard InChI is InChI=1S/C14H11F2NO2/c15-11-2-4-12(5-3-11)19-8-10-7-9(14(17)18)1-6-13(10)16/h1-7H,8H2,(H2,17,18). The first kappa shape index (κ1) is 13.0. The molecule has 0 bridgehead atoms. The summed E-state index contributed by atoms with van der Waals surface area (Å²) in [5, 5.41) is 0. The van der Waals surface area contributed by atoms with Gasteiger partial charge < -0.3 is 10.5 Å². The van der Waals surface area contributed by atoms with Gasteiger partial charge in [-0.3, -0.25) is 4.79 Å². The van der Waals surface area contributed by atoms with Crippen LogP contribution in [-0.2, 0) is 6.61 Å². The van der Waals surface area contributed by atoms with Gasteiger partial charge in [-0.2, -0.15) is 0 Å². The fraction of sp³-hybridized carbons (Fsp3) is 0.0714. The molecule has 0 radical (unpaired) electrons. The van der Waals surface area contributed by atoms with E-state index in [1.165, 1.54) is 36.4 Å². The summed E-state index contributed by atoms with van der Waals surface area (Å²) in [6.07, 6.45) is 0. The number of amides is 1. The van der Waals surface area contributed by atoms with Crippen molar-refractivity contribution in [2.45, 2.75) is 6.61 Å². The van der Waals surface area contributed by atoms with Crippen molar-refractivity contribution in [2.75, 3.05) is 0 Å². The van der Waals surface area contributed by atoms with E-state index < -0.39 is 11.7 Å². The first-order chi connectivity index (χ1) is 9.06. The Morgan fingerprint density at radius 1 is 1.11 bits per heavy atom. The van der Waals surface area contributed by atoms with Crippen LogP contribution in [0.5, 0.6) is 5.75 Å². The van der Waals surface area contributed by atoms with E-state index in [1.54, 1.807) is 0 Å². The van der Waals surface area contributed by atoms with Crippen LogP contribution in [0.1, 0.15) is 15.9 Å². The van der Waals surface area contributed by atoms with Gasteiger partial charge in [0.25, 0.3) is 0 Å². The van der Waals surface area contributed by atoms with Crippen molar-refractivity contribution in [2.24, 2.45) is 5.73 Å². The molecule has 0 aliphatic heterocycles. The normalized spacial score (nSPS) is 10.2. The average molecular weight is 263 g/mol. The zero-order valence-corrected chi connectivity index (χ0v) is 9.90. The van der Waals surface area contributed by atoms with Gasteiger partial charge in [0.05, 0.1) is 0 Å². The second-order valence-corrected chi connectivity index (χ2v) is 3.91. The van der Waals surface area contributed by atoms with Crippen LogP contribution in [0.4, 0.5) is 8.78 Å². The van der Waals surface area contributed by atoms with E-state index in [4.69, 9.17) is 10.5 Å². The number of hydrogen-bond acceptors (Lipinski definition) is 2. The number of rotatable bonds is 4. The smallest absolute Gasteiger partial charge is 0.248 e. The number of halogens is 2. The van der Waals surface area contributed by atoms with Crippen molar-refractivity contribution in [3.8, 4) is 5.75 Å².